The number of ether oxygens (including phenoxy) is 2. The number of hydrogen-bond donors (Lipinski definition) is 0. The first-order valence-corrected chi connectivity index (χ1v) is 8.41. The summed E-state index contributed by atoms with van der Waals surface area (Å²) in [6, 6.07) is 10.7. The second-order valence-corrected chi connectivity index (χ2v) is 6.63. The van der Waals surface area contributed by atoms with E-state index in [2.05, 4.69) is 45.2 Å². The molecule has 22 heavy (non-hydrogen) atoms. The van der Waals surface area contributed by atoms with Crippen molar-refractivity contribution in [3.8, 4) is 11.1 Å². The largest absolute Gasteiger partial charge is 0.465 e. The lowest BCUT2D eigenvalue weighted by atomic mass is 9.95. The lowest BCUT2D eigenvalue weighted by Crippen LogP contribution is -2.09. The van der Waals surface area contributed by atoms with Gasteiger partial charge in [-0.15, -0.1) is 0 Å². The van der Waals surface area contributed by atoms with Crippen molar-refractivity contribution in [2.45, 2.75) is 0 Å². The van der Waals surface area contributed by atoms with Crippen LogP contribution in [0, 0.1) is 7.14 Å². The van der Waals surface area contributed by atoms with Crippen LogP contribution in [0.2, 0.25) is 0 Å². The fraction of sp³-hybridized carbons (Fsp3) is 0.125. The highest BCUT2D eigenvalue weighted by molar-refractivity contribution is 14.1. The van der Waals surface area contributed by atoms with E-state index in [-0.39, 0.29) is 0 Å². The molecular weight excluding hydrogens is 510 g/mol. The van der Waals surface area contributed by atoms with Gasteiger partial charge in [-0.25, -0.2) is 9.59 Å². The maximum absolute atomic E-state index is 12.1. The zero-order chi connectivity index (χ0) is 16.3. The van der Waals surface area contributed by atoms with Gasteiger partial charge in [0, 0.05) is 18.3 Å². The molecule has 2 aromatic rings. The monoisotopic (exact) mass is 522 g/mol. The molecule has 0 radical (unpaired) electrons. The Kier molecular flexibility index (Phi) is 5.79. The second kappa shape index (κ2) is 7.40. The van der Waals surface area contributed by atoms with Crippen molar-refractivity contribution in [3.05, 3.63) is 54.7 Å². The van der Waals surface area contributed by atoms with E-state index in [1.54, 1.807) is 24.3 Å². The van der Waals surface area contributed by atoms with E-state index in [9.17, 15) is 9.59 Å². The fourth-order valence-corrected chi connectivity index (χ4v) is 3.65. The van der Waals surface area contributed by atoms with Crippen LogP contribution in [0.1, 0.15) is 20.7 Å². The maximum Gasteiger partial charge on any atom is 0.338 e. The number of rotatable bonds is 3. The molecule has 0 aromatic heterocycles. The van der Waals surface area contributed by atoms with Crippen molar-refractivity contribution in [2.75, 3.05) is 14.2 Å². The smallest absolute Gasteiger partial charge is 0.338 e. The van der Waals surface area contributed by atoms with Crippen LogP contribution in [0.4, 0.5) is 0 Å². The summed E-state index contributed by atoms with van der Waals surface area (Å²) in [6.45, 7) is 0. The molecule has 0 atom stereocenters. The first-order valence-electron chi connectivity index (χ1n) is 6.25. The zero-order valence-electron chi connectivity index (χ0n) is 11.9. The Labute approximate surface area is 155 Å². The summed E-state index contributed by atoms with van der Waals surface area (Å²) in [5.74, 6) is -0.882. The van der Waals surface area contributed by atoms with Gasteiger partial charge in [-0.1, -0.05) is 12.1 Å². The molecule has 0 amide bonds. The molecule has 0 aliphatic heterocycles. The minimum Gasteiger partial charge on any atom is -0.465 e. The molecule has 4 nitrogen and oxygen atoms in total. The molecule has 0 N–H and O–H groups in total. The summed E-state index contributed by atoms with van der Waals surface area (Å²) in [4.78, 5) is 24.2. The Morgan fingerprint density at radius 2 is 1.14 bits per heavy atom. The Morgan fingerprint density at radius 1 is 0.773 bits per heavy atom. The van der Waals surface area contributed by atoms with E-state index >= 15 is 0 Å². The topological polar surface area (TPSA) is 52.6 Å². The molecule has 114 valence electrons. The minimum absolute atomic E-state index is 0.420. The predicted octanol–water partition coefficient (Wildman–Crippen LogP) is 4.14. The minimum atomic E-state index is -0.441. The highest BCUT2D eigenvalue weighted by Crippen LogP contribution is 2.35. The summed E-state index contributed by atoms with van der Waals surface area (Å²) < 4.78 is 11.4. The molecule has 0 saturated heterocycles. The van der Waals surface area contributed by atoms with Crippen LogP contribution in [0.5, 0.6) is 0 Å². The predicted molar refractivity (Wildman–Crippen MR) is 100.0 cm³/mol. The van der Waals surface area contributed by atoms with E-state index in [4.69, 9.17) is 9.47 Å². The molecule has 0 aliphatic rings. The molecular formula is C16H12I2O4. The van der Waals surface area contributed by atoms with E-state index in [0.717, 1.165) is 7.14 Å². The van der Waals surface area contributed by atoms with Gasteiger partial charge in [0.25, 0.3) is 0 Å². The van der Waals surface area contributed by atoms with Crippen LogP contribution in [0.15, 0.2) is 36.4 Å². The first kappa shape index (κ1) is 17.2. The second-order valence-electron chi connectivity index (χ2n) is 4.31. The molecule has 0 unspecified atom stereocenters. The Bertz CT molecular complexity index is 677. The number of methoxy groups -OCH3 is 2. The van der Waals surface area contributed by atoms with Crippen molar-refractivity contribution < 1.29 is 19.1 Å². The number of halogens is 2. The van der Waals surface area contributed by atoms with Gasteiger partial charge in [0.1, 0.15) is 0 Å². The molecule has 0 saturated carbocycles. The number of carbonyl (C=O) groups is 2. The molecule has 2 aromatic carbocycles. The normalized spacial score (nSPS) is 10.2. The standard InChI is InChI=1S/C16H12I2O4/c1-21-15(19)9-5-3-7-11(17)13(9)14-10(16(20)22-2)6-4-8-12(14)18/h3-8H,1-2H3. The molecule has 0 spiro atoms. The first-order chi connectivity index (χ1) is 10.5. The van der Waals surface area contributed by atoms with Crippen molar-refractivity contribution in [2.24, 2.45) is 0 Å². The number of hydrogen-bond acceptors (Lipinski definition) is 4. The third kappa shape index (κ3) is 3.27. The Balaban J connectivity index is 2.83. The highest BCUT2D eigenvalue weighted by Gasteiger charge is 2.23. The SMILES string of the molecule is COC(=O)c1cccc(I)c1-c1c(I)cccc1C(=O)OC. The maximum atomic E-state index is 12.1. The van der Waals surface area contributed by atoms with Gasteiger partial charge in [0.05, 0.1) is 25.3 Å². The Hall–Kier alpha value is -1.16. The van der Waals surface area contributed by atoms with E-state index in [1.807, 2.05) is 12.1 Å². The van der Waals surface area contributed by atoms with Crippen molar-refractivity contribution in [1.82, 2.24) is 0 Å². The Morgan fingerprint density at radius 3 is 1.45 bits per heavy atom. The van der Waals surface area contributed by atoms with Crippen LogP contribution in [-0.2, 0) is 9.47 Å². The van der Waals surface area contributed by atoms with Gasteiger partial charge >= 0.3 is 11.9 Å². The highest BCUT2D eigenvalue weighted by atomic mass is 127. The summed E-state index contributed by atoms with van der Waals surface area (Å²) >= 11 is 4.29. The van der Waals surface area contributed by atoms with E-state index < -0.39 is 11.9 Å². The molecule has 2 rings (SSSR count). The summed E-state index contributed by atoms with van der Waals surface area (Å²) in [5, 5.41) is 0. The van der Waals surface area contributed by atoms with Crippen LogP contribution < -0.4 is 0 Å². The van der Waals surface area contributed by atoms with Gasteiger partial charge in [0.15, 0.2) is 0 Å². The number of carbonyl (C=O) groups excluding carboxylic acids is 2. The molecule has 0 heterocycles. The third-order valence-corrected chi connectivity index (χ3v) is 4.89. The number of benzene rings is 2. The van der Waals surface area contributed by atoms with Crippen molar-refractivity contribution in [3.63, 3.8) is 0 Å². The quantitative estimate of drug-likeness (QED) is 0.450. The fourth-order valence-electron chi connectivity index (χ4n) is 2.12. The van der Waals surface area contributed by atoms with E-state index in [1.165, 1.54) is 14.2 Å². The number of esters is 2. The van der Waals surface area contributed by atoms with Crippen molar-refractivity contribution in [1.29, 1.82) is 0 Å². The van der Waals surface area contributed by atoms with Crippen LogP contribution in [0.25, 0.3) is 11.1 Å². The summed E-state index contributed by atoms with van der Waals surface area (Å²) in [7, 11) is 2.67. The van der Waals surface area contributed by atoms with Crippen LogP contribution in [-0.4, -0.2) is 26.2 Å². The molecule has 6 heteroatoms. The van der Waals surface area contributed by atoms with Gasteiger partial charge in [-0.2, -0.15) is 0 Å². The van der Waals surface area contributed by atoms with Crippen molar-refractivity contribution >= 4 is 57.1 Å². The molecule has 0 aliphatic carbocycles. The average Bonchev–Trinajstić information content (AvgIpc) is 2.53. The summed E-state index contributed by atoms with van der Waals surface area (Å²) in [5.41, 5.74) is 2.20. The van der Waals surface area contributed by atoms with Gasteiger partial charge in [-0.3, -0.25) is 0 Å². The van der Waals surface area contributed by atoms with E-state index in [0.29, 0.717) is 22.3 Å². The molecule has 0 bridgehead atoms. The molecule has 0 fully saturated rings. The average molecular weight is 522 g/mol. The summed E-state index contributed by atoms with van der Waals surface area (Å²) in [6.07, 6.45) is 0. The lowest BCUT2D eigenvalue weighted by Gasteiger charge is -2.15. The van der Waals surface area contributed by atoms with Gasteiger partial charge < -0.3 is 9.47 Å². The third-order valence-electron chi connectivity index (χ3n) is 3.09. The van der Waals surface area contributed by atoms with Crippen LogP contribution >= 0.6 is 45.2 Å². The van der Waals surface area contributed by atoms with Gasteiger partial charge in [0.2, 0.25) is 0 Å². The lowest BCUT2D eigenvalue weighted by molar-refractivity contribution is 0.0590. The zero-order valence-corrected chi connectivity index (χ0v) is 16.2. The van der Waals surface area contributed by atoms with Crippen LogP contribution in [0.3, 0.4) is 0 Å². The van der Waals surface area contributed by atoms with Gasteiger partial charge in [-0.05, 0) is 69.4 Å².